The molecule has 0 saturated heterocycles. The highest BCUT2D eigenvalue weighted by molar-refractivity contribution is 6.24. The standard InChI is InChI=1S/C28H34F3N3O7/c1-5-6-7-34(4)11-13-10-16(35)18-14(20(13)28(29,30)31)8-12-9-15-21(33(2)3)23(37)19(26(32)40)25(39)27(15,41)24(38)17(12)22(18)36/h10,12,15,21,35,37-38,41H,5-9,11H2,1-4H3,(H2,32,40)/t12-,15-,21-,27-/m0/s1. The van der Waals surface area contributed by atoms with Crippen LogP contribution < -0.4 is 5.73 Å². The van der Waals surface area contributed by atoms with Crippen molar-refractivity contribution in [2.75, 3.05) is 27.7 Å². The minimum Gasteiger partial charge on any atom is -0.510 e. The average molecular weight is 582 g/mol. The predicted molar refractivity (Wildman–Crippen MR) is 140 cm³/mol. The number of rotatable bonds is 7. The second-order valence-electron chi connectivity index (χ2n) is 11.3. The Bertz CT molecular complexity index is 1380. The number of hydrogen-bond donors (Lipinski definition) is 5. The highest BCUT2D eigenvalue weighted by Crippen LogP contribution is 2.53. The summed E-state index contributed by atoms with van der Waals surface area (Å²) in [4.78, 5) is 42.2. The molecule has 0 aromatic heterocycles. The Morgan fingerprint density at radius 3 is 2.34 bits per heavy atom. The van der Waals surface area contributed by atoms with E-state index in [-0.39, 0.29) is 18.5 Å². The van der Waals surface area contributed by atoms with E-state index in [1.165, 1.54) is 19.0 Å². The number of aliphatic hydroxyl groups excluding tert-OH is 2. The quantitative estimate of drug-likeness (QED) is 0.304. The molecule has 10 nitrogen and oxygen atoms in total. The van der Waals surface area contributed by atoms with Gasteiger partial charge in [0.2, 0.25) is 5.78 Å². The van der Waals surface area contributed by atoms with Gasteiger partial charge in [0.15, 0.2) is 11.4 Å². The summed E-state index contributed by atoms with van der Waals surface area (Å²) in [5.41, 5.74) is -1.41. The van der Waals surface area contributed by atoms with Crippen molar-refractivity contribution in [2.24, 2.45) is 17.6 Å². The van der Waals surface area contributed by atoms with Crippen LogP contribution in [0.5, 0.6) is 5.75 Å². The molecule has 0 unspecified atom stereocenters. The lowest BCUT2D eigenvalue weighted by Gasteiger charge is -2.50. The first-order chi connectivity index (χ1) is 19.0. The van der Waals surface area contributed by atoms with E-state index in [0.717, 1.165) is 18.9 Å². The number of Topliss-reactive ketones (excluding diaryl/α,β-unsaturated/α-hetero) is 2. The van der Waals surface area contributed by atoms with Crippen LogP contribution in [-0.4, -0.2) is 87.0 Å². The van der Waals surface area contributed by atoms with Crippen LogP contribution in [0.25, 0.3) is 0 Å². The van der Waals surface area contributed by atoms with Gasteiger partial charge in [0.25, 0.3) is 5.91 Å². The number of benzene rings is 1. The number of amides is 1. The van der Waals surface area contributed by atoms with E-state index in [1.54, 1.807) is 11.9 Å². The number of phenols is 1. The molecular weight excluding hydrogens is 547 g/mol. The van der Waals surface area contributed by atoms with Gasteiger partial charge < -0.3 is 31.1 Å². The zero-order valence-electron chi connectivity index (χ0n) is 23.2. The number of likely N-dealkylation sites (N-methyl/N-ethyl adjacent to an activating group) is 1. The van der Waals surface area contributed by atoms with E-state index in [9.17, 15) is 48.0 Å². The zero-order chi connectivity index (χ0) is 30.8. The van der Waals surface area contributed by atoms with Gasteiger partial charge in [-0.05, 0) is 70.1 Å². The summed E-state index contributed by atoms with van der Waals surface area (Å²) >= 11 is 0. The number of carbonyl (C=O) groups is 3. The van der Waals surface area contributed by atoms with Gasteiger partial charge in [0.1, 0.15) is 22.8 Å². The number of aromatic hydroxyl groups is 1. The number of alkyl halides is 3. The number of phenolic OH excluding ortho intramolecular Hbond substituents is 1. The van der Waals surface area contributed by atoms with Crippen LogP contribution in [0.1, 0.15) is 53.2 Å². The van der Waals surface area contributed by atoms with Crippen molar-refractivity contribution in [2.45, 2.75) is 57.0 Å². The van der Waals surface area contributed by atoms with E-state index >= 15 is 0 Å². The van der Waals surface area contributed by atoms with Gasteiger partial charge in [-0.3, -0.25) is 19.3 Å². The van der Waals surface area contributed by atoms with Crippen molar-refractivity contribution in [1.82, 2.24) is 9.80 Å². The van der Waals surface area contributed by atoms with Gasteiger partial charge in [0, 0.05) is 18.0 Å². The third-order valence-corrected chi connectivity index (χ3v) is 8.42. The summed E-state index contributed by atoms with van der Waals surface area (Å²) in [5, 5.41) is 44.5. The molecule has 0 heterocycles. The molecule has 0 saturated carbocycles. The molecule has 224 valence electrons. The van der Waals surface area contributed by atoms with E-state index in [4.69, 9.17) is 5.73 Å². The Hall–Kier alpha value is -3.42. The molecule has 4 atom stereocenters. The molecule has 0 fully saturated rings. The Balaban J connectivity index is 1.93. The first kappa shape index (κ1) is 30.5. The largest absolute Gasteiger partial charge is 0.510 e. The Kier molecular flexibility index (Phi) is 7.78. The minimum atomic E-state index is -4.89. The molecule has 3 aliphatic carbocycles. The van der Waals surface area contributed by atoms with Gasteiger partial charge in [0.05, 0.1) is 17.2 Å². The van der Waals surface area contributed by atoms with Crippen molar-refractivity contribution in [3.63, 3.8) is 0 Å². The van der Waals surface area contributed by atoms with E-state index in [2.05, 4.69) is 0 Å². The van der Waals surface area contributed by atoms with Gasteiger partial charge in [-0.2, -0.15) is 13.2 Å². The van der Waals surface area contributed by atoms with Crippen LogP contribution in [0.3, 0.4) is 0 Å². The molecule has 1 aromatic carbocycles. The van der Waals surface area contributed by atoms with Gasteiger partial charge >= 0.3 is 6.18 Å². The monoisotopic (exact) mass is 581 g/mol. The summed E-state index contributed by atoms with van der Waals surface area (Å²) in [6.45, 7) is 2.32. The van der Waals surface area contributed by atoms with Crippen LogP contribution in [-0.2, 0) is 28.7 Å². The SMILES string of the molecule is CCCCN(C)Cc1cc(O)c2c(c1C(F)(F)F)C[C@H]1C[C@H]3[C@H](N(C)C)C(O)=C(C(N)=O)C(=O)[C@@]3(O)C(O)=C1C2=O. The number of nitrogens with two attached hydrogens (primary N) is 1. The lowest BCUT2D eigenvalue weighted by molar-refractivity contribution is -0.148. The fourth-order valence-electron chi connectivity index (χ4n) is 6.67. The zero-order valence-corrected chi connectivity index (χ0v) is 23.2. The Morgan fingerprint density at radius 2 is 1.80 bits per heavy atom. The highest BCUT2D eigenvalue weighted by atomic mass is 19.4. The molecule has 41 heavy (non-hydrogen) atoms. The third-order valence-electron chi connectivity index (χ3n) is 8.42. The van der Waals surface area contributed by atoms with E-state index in [0.29, 0.717) is 6.54 Å². The number of fused-ring (bicyclic) bond motifs is 3. The van der Waals surface area contributed by atoms with Crippen LogP contribution in [0.15, 0.2) is 28.7 Å². The lowest BCUT2D eigenvalue weighted by Crippen LogP contribution is -2.63. The summed E-state index contributed by atoms with van der Waals surface area (Å²) in [6.07, 6.45) is -4.05. The summed E-state index contributed by atoms with van der Waals surface area (Å²) in [7, 11) is 4.59. The number of aliphatic hydroxyl groups is 3. The number of nitrogens with zero attached hydrogens (tertiary/aromatic N) is 2. The number of ketones is 2. The molecule has 1 amide bonds. The number of allylic oxidation sites excluding steroid dienone is 1. The maximum Gasteiger partial charge on any atom is 0.417 e. The van der Waals surface area contributed by atoms with Crippen molar-refractivity contribution >= 4 is 17.5 Å². The predicted octanol–water partition coefficient (Wildman–Crippen LogP) is 2.37. The number of primary amides is 1. The minimum absolute atomic E-state index is 0.142. The van der Waals surface area contributed by atoms with Crippen LogP contribution in [0.2, 0.25) is 0 Å². The maximum absolute atomic E-state index is 14.6. The fraction of sp³-hybridized carbons (Fsp3) is 0.536. The Morgan fingerprint density at radius 1 is 1.17 bits per heavy atom. The number of halogens is 3. The van der Waals surface area contributed by atoms with Crippen molar-refractivity contribution in [3.8, 4) is 5.75 Å². The molecule has 0 bridgehead atoms. The molecule has 3 aliphatic rings. The van der Waals surface area contributed by atoms with Gasteiger partial charge in [-0.15, -0.1) is 0 Å². The highest BCUT2D eigenvalue weighted by Gasteiger charge is 2.63. The second-order valence-corrected chi connectivity index (χ2v) is 11.3. The molecule has 0 radical (unpaired) electrons. The molecule has 13 heteroatoms. The smallest absolute Gasteiger partial charge is 0.417 e. The second kappa shape index (κ2) is 10.4. The number of hydrogen-bond acceptors (Lipinski definition) is 9. The summed E-state index contributed by atoms with van der Waals surface area (Å²) in [6, 6.07) is -0.352. The normalized spacial score (nSPS) is 26.4. The number of unbranched alkanes of at least 4 members (excludes halogenated alkanes) is 1. The van der Waals surface area contributed by atoms with Gasteiger partial charge in [-0.25, -0.2) is 0 Å². The van der Waals surface area contributed by atoms with Gasteiger partial charge in [-0.1, -0.05) is 13.3 Å². The fourth-order valence-corrected chi connectivity index (χ4v) is 6.67. The molecule has 0 aliphatic heterocycles. The first-order valence-electron chi connectivity index (χ1n) is 13.3. The van der Waals surface area contributed by atoms with E-state index < -0.39 is 98.7 Å². The molecule has 1 aromatic rings. The lowest BCUT2D eigenvalue weighted by atomic mass is 9.58. The molecular formula is C28H34F3N3O7. The molecule has 6 N–H and O–H groups in total. The van der Waals surface area contributed by atoms with E-state index in [1.807, 2.05) is 6.92 Å². The van der Waals surface area contributed by atoms with Crippen molar-refractivity contribution in [1.29, 1.82) is 0 Å². The first-order valence-corrected chi connectivity index (χ1v) is 13.3. The topological polar surface area (TPSA) is 165 Å². The maximum atomic E-state index is 14.6. The third kappa shape index (κ3) is 4.69. The van der Waals surface area contributed by atoms with Crippen LogP contribution in [0.4, 0.5) is 13.2 Å². The molecule has 4 rings (SSSR count). The summed E-state index contributed by atoms with van der Waals surface area (Å²) < 4.78 is 43.7. The van der Waals surface area contributed by atoms with Crippen molar-refractivity contribution < 1.29 is 48.0 Å². The Labute approximate surface area is 234 Å². The van der Waals surface area contributed by atoms with Crippen molar-refractivity contribution in [3.05, 3.63) is 51.0 Å². The molecule has 0 spiro atoms. The van der Waals surface area contributed by atoms with Crippen LogP contribution >= 0.6 is 0 Å². The van der Waals surface area contributed by atoms with Crippen LogP contribution in [0, 0.1) is 11.8 Å². The number of carbonyl (C=O) groups excluding carboxylic acids is 3. The summed E-state index contributed by atoms with van der Waals surface area (Å²) in [5.74, 6) is -8.99. The average Bonchev–Trinajstić information content (AvgIpc) is 2.83.